The molecule has 2 N–H and O–H groups in total. The molecule has 1 atom stereocenters. The number of nitrogens with zero attached hydrogens (tertiary/aromatic N) is 5. The summed E-state index contributed by atoms with van der Waals surface area (Å²) >= 11 is 0. The van der Waals surface area contributed by atoms with Crippen LogP contribution in [-0.2, 0) is 20.1 Å². The molecule has 32 heavy (non-hydrogen) atoms. The van der Waals surface area contributed by atoms with E-state index in [0.29, 0.717) is 6.54 Å². The molecule has 0 bridgehead atoms. The number of aromatic nitrogens is 4. The Morgan fingerprint density at radius 1 is 1.03 bits per heavy atom. The van der Waals surface area contributed by atoms with Crippen LogP contribution < -0.4 is 10.6 Å². The van der Waals surface area contributed by atoms with Crippen LogP contribution in [0, 0.1) is 6.92 Å². The van der Waals surface area contributed by atoms with E-state index in [1.165, 1.54) is 16.5 Å². The van der Waals surface area contributed by atoms with E-state index in [4.69, 9.17) is 4.99 Å². The molecule has 4 rings (SSSR count). The Balaban J connectivity index is 1.39. The Bertz CT molecular complexity index is 1170. The molecule has 4 aromatic rings. The minimum absolute atomic E-state index is 0.136. The summed E-state index contributed by atoms with van der Waals surface area (Å²) < 4.78 is 4.27. The third-order valence-corrected chi connectivity index (χ3v) is 5.76. The fraction of sp³-hybridized carbons (Fsp3) is 0.320. The van der Waals surface area contributed by atoms with Gasteiger partial charge in [0.1, 0.15) is 12.4 Å². The van der Waals surface area contributed by atoms with Crippen LogP contribution in [0.2, 0.25) is 0 Å². The van der Waals surface area contributed by atoms with Gasteiger partial charge in [-0.1, -0.05) is 48.5 Å². The van der Waals surface area contributed by atoms with Crippen molar-refractivity contribution in [1.82, 2.24) is 30.0 Å². The highest BCUT2D eigenvalue weighted by atomic mass is 15.3. The van der Waals surface area contributed by atoms with Crippen LogP contribution in [0.3, 0.4) is 0 Å². The maximum absolute atomic E-state index is 4.78. The number of benzene rings is 2. The Kier molecular flexibility index (Phi) is 6.84. The zero-order valence-corrected chi connectivity index (χ0v) is 19.0. The zero-order valence-electron chi connectivity index (χ0n) is 19.0. The van der Waals surface area contributed by atoms with Crippen molar-refractivity contribution in [1.29, 1.82) is 0 Å². The van der Waals surface area contributed by atoms with Crippen molar-refractivity contribution in [2.24, 2.45) is 12.0 Å². The van der Waals surface area contributed by atoms with Crippen molar-refractivity contribution >= 4 is 16.9 Å². The molecule has 0 radical (unpaired) electrons. The van der Waals surface area contributed by atoms with Gasteiger partial charge in [0, 0.05) is 31.9 Å². The Morgan fingerprint density at radius 3 is 2.59 bits per heavy atom. The Labute approximate surface area is 189 Å². The number of rotatable bonds is 8. The Morgan fingerprint density at radius 2 is 1.81 bits per heavy atom. The van der Waals surface area contributed by atoms with Gasteiger partial charge in [-0.05, 0) is 43.4 Å². The molecule has 7 nitrogen and oxygen atoms in total. The summed E-state index contributed by atoms with van der Waals surface area (Å²) in [4.78, 5) is 4.78. The van der Waals surface area contributed by atoms with E-state index in [-0.39, 0.29) is 6.04 Å². The second-order valence-electron chi connectivity index (χ2n) is 8.01. The summed E-state index contributed by atoms with van der Waals surface area (Å²) in [5.41, 5.74) is 2.49. The summed E-state index contributed by atoms with van der Waals surface area (Å²) in [6.45, 7) is 6.32. The molecule has 0 spiro atoms. The second kappa shape index (κ2) is 10.1. The molecule has 1 unspecified atom stereocenters. The summed E-state index contributed by atoms with van der Waals surface area (Å²) in [7, 11) is 1.97. The van der Waals surface area contributed by atoms with Gasteiger partial charge >= 0.3 is 0 Å². The lowest BCUT2D eigenvalue weighted by molar-refractivity contribution is 0.625. The monoisotopic (exact) mass is 429 g/mol. The molecule has 2 heterocycles. The van der Waals surface area contributed by atoms with E-state index < -0.39 is 0 Å². The van der Waals surface area contributed by atoms with Crippen LogP contribution in [0.4, 0.5) is 0 Å². The number of hydrogen-bond donors (Lipinski definition) is 2. The second-order valence-corrected chi connectivity index (χ2v) is 8.01. The normalized spacial score (nSPS) is 12.8. The van der Waals surface area contributed by atoms with Crippen LogP contribution in [0.15, 0.2) is 71.9 Å². The molecular weight excluding hydrogens is 398 g/mol. The number of aryl methyl sites for hydroxylation is 2. The number of guanidine groups is 1. The molecule has 0 aliphatic heterocycles. The standard InChI is InChI=1S/C25H31N7/c1-19(21-10-5-4-6-11-21)28-25(27-18-24-30-29-20(2)31(24)3)26-15-9-16-32-17-14-22-12-7-8-13-23(22)32/h4-8,10-14,17,19H,9,15-16,18H2,1-3H3,(H2,26,27,28). The maximum Gasteiger partial charge on any atom is 0.192 e. The maximum atomic E-state index is 4.78. The van der Waals surface area contributed by atoms with Crippen molar-refractivity contribution in [3.05, 3.63) is 84.1 Å². The van der Waals surface area contributed by atoms with Crippen LogP contribution in [-0.4, -0.2) is 31.8 Å². The quantitative estimate of drug-likeness (QED) is 0.253. The van der Waals surface area contributed by atoms with Gasteiger partial charge in [0.2, 0.25) is 0 Å². The van der Waals surface area contributed by atoms with Gasteiger partial charge in [0.25, 0.3) is 0 Å². The summed E-state index contributed by atoms with van der Waals surface area (Å²) in [6, 6.07) is 21.2. The zero-order chi connectivity index (χ0) is 22.3. The van der Waals surface area contributed by atoms with Crippen molar-refractivity contribution in [2.45, 2.75) is 39.4 Å². The van der Waals surface area contributed by atoms with E-state index in [1.807, 2.05) is 24.6 Å². The summed E-state index contributed by atoms with van der Waals surface area (Å²) in [5.74, 6) is 2.50. The minimum atomic E-state index is 0.136. The first kappa shape index (κ1) is 21.6. The van der Waals surface area contributed by atoms with Gasteiger partial charge in [0.15, 0.2) is 11.8 Å². The van der Waals surface area contributed by atoms with E-state index in [2.05, 4.69) is 93.1 Å². The van der Waals surface area contributed by atoms with Gasteiger partial charge in [-0.2, -0.15) is 0 Å². The molecule has 0 aliphatic carbocycles. The molecule has 0 aliphatic rings. The summed E-state index contributed by atoms with van der Waals surface area (Å²) in [5, 5.41) is 16.7. The number of fused-ring (bicyclic) bond motifs is 1. The van der Waals surface area contributed by atoms with Crippen molar-refractivity contribution in [3.8, 4) is 0 Å². The lowest BCUT2D eigenvalue weighted by atomic mass is 10.1. The number of aliphatic imine (C=N–C) groups is 1. The number of hydrogen-bond acceptors (Lipinski definition) is 3. The van der Waals surface area contributed by atoms with E-state index in [9.17, 15) is 0 Å². The fourth-order valence-corrected chi connectivity index (χ4v) is 3.71. The first-order chi connectivity index (χ1) is 15.6. The van der Waals surface area contributed by atoms with Crippen LogP contribution >= 0.6 is 0 Å². The van der Waals surface area contributed by atoms with Gasteiger partial charge in [-0.15, -0.1) is 10.2 Å². The smallest absolute Gasteiger partial charge is 0.192 e. The van der Waals surface area contributed by atoms with Crippen LogP contribution in [0.5, 0.6) is 0 Å². The summed E-state index contributed by atoms with van der Waals surface area (Å²) in [6.07, 6.45) is 3.15. The average molecular weight is 430 g/mol. The molecular formula is C25H31N7. The van der Waals surface area contributed by atoms with Crippen molar-refractivity contribution < 1.29 is 0 Å². The molecule has 7 heteroatoms. The Hall–Kier alpha value is -3.61. The number of para-hydroxylation sites is 1. The predicted octanol–water partition coefficient (Wildman–Crippen LogP) is 3.96. The van der Waals surface area contributed by atoms with E-state index in [1.54, 1.807) is 0 Å². The molecule has 0 fully saturated rings. The third-order valence-electron chi connectivity index (χ3n) is 5.76. The topological polar surface area (TPSA) is 72.1 Å². The first-order valence-corrected chi connectivity index (χ1v) is 11.1. The van der Waals surface area contributed by atoms with Gasteiger partial charge in [-0.25, -0.2) is 4.99 Å². The highest BCUT2D eigenvalue weighted by Gasteiger charge is 2.09. The lowest BCUT2D eigenvalue weighted by Gasteiger charge is -2.19. The molecule has 2 aromatic heterocycles. The first-order valence-electron chi connectivity index (χ1n) is 11.1. The van der Waals surface area contributed by atoms with Gasteiger partial charge in [0.05, 0.1) is 6.04 Å². The average Bonchev–Trinajstić information content (AvgIpc) is 3.38. The largest absolute Gasteiger partial charge is 0.356 e. The van der Waals surface area contributed by atoms with E-state index >= 15 is 0 Å². The molecule has 166 valence electrons. The van der Waals surface area contributed by atoms with Gasteiger partial charge in [-0.3, -0.25) is 0 Å². The highest BCUT2D eigenvalue weighted by molar-refractivity contribution is 5.80. The molecule has 0 saturated heterocycles. The molecule has 2 aromatic carbocycles. The third kappa shape index (κ3) is 5.17. The van der Waals surface area contributed by atoms with Crippen LogP contribution in [0.25, 0.3) is 10.9 Å². The van der Waals surface area contributed by atoms with E-state index in [0.717, 1.165) is 37.1 Å². The van der Waals surface area contributed by atoms with Crippen molar-refractivity contribution in [2.75, 3.05) is 6.54 Å². The SMILES string of the molecule is Cc1nnc(CN=C(NCCCn2ccc3ccccc32)NC(C)c2ccccc2)n1C. The molecule has 0 saturated carbocycles. The lowest BCUT2D eigenvalue weighted by Crippen LogP contribution is -2.39. The predicted molar refractivity (Wildman–Crippen MR) is 129 cm³/mol. The fourth-order valence-electron chi connectivity index (χ4n) is 3.71. The highest BCUT2D eigenvalue weighted by Crippen LogP contribution is 2.15. The van der Waals surface area contributed by atoms with Gasteiger partial charge < -0.3 is 19.8 Å². The van der Waals surface area contributed by atoms with Crippen molar-refractivity contribution in [3.63, 3.8) is 0 Å². The van der Waals surface area contributed by atoms with Crippen LogP contribution in [0.1, 0.15) is 36.6 Å². The minimum Gasteiger partial charge on any atom is -0.356 e. The number of nitrogens with one attached hydrogen (secondary N) is 2. The molecule has 0 amide bonds.